The van der Waals surface area contributed by atoms with Crippen molar-refractivity contribution in [2.75, 3.05) is 39.6 Å². The van der Waals surface area contributed by atoms with E-state index in [1.165, 1.54) is 25.7 Å². The van der Waals surface area contributed by atoms with Gasteiger partial charge in [0.15, 0.2) is 6.10 Å². The molecule has 5 atom stereocenters. The fourth-order valence-electron chi connectivity index (χ4n) is 8.92. The molecule has 0 aromatic carbocycles. The number of ether oxygens (including phenoxy) is 3. The van der Waals surface area contributed by atoms with E-state index in [1.807, 2.05) is 18.2 Å². The topological polar surface area (TPSA) is 231 Å². The second-order valence-electron chi connectivity index (χ2n) is 23.9. The number of carbonyl (C=O) groups excluding carboxylic acids is 3. The summed E-state index contributed by atoms with van der Waals surface area (Å²) >= 11 is 0. The van der Waals surface area contributed by atoms with Crippen LogP contribution in [0, 0.1) is 0 Å². The van der Waals surface area contributed by atoms with E-state index in [2.05, 4.69) is 209 Å². The first-order valence-corrected chi connectivity index (χ1v) is 40.4. The van der Waals surface area contributed by atoms with Crippen LogP contribution in [0.25, 0.3) is 0 Å². The zero-order valence-electron chi connectivity index (χ0n) is 61.7. The molecule has 101 heavy (non-hydrogen) atoms. The molecule has 0 spiro atoms. The second-order valence-corrected chi connectivity index (χ2v) is 26.9. The summed E-state index contributed by atoms with van der Waals surface area (Å²) in [6, 6.07) is 0. The summed E-state index contributed by atoms with van der Waals surface area (Å²) < 4.78 is 60.9. The van der Waals surface area contributed by atoms with Crippen LogP contribution in [-0.4, -0.2) is 95.9 Å². The number of phosphoric ester groups is 2. The lowest BCUT2D eigenvalue weighted by molar-refractivity contribution is -0.161. The number of phosphoric acid groups is 2. The maximum Gasteiger partial charge on any atom is 0.472 e. The van der Waals surface area contributed by atoms with Crippen molar-refractivity contribution in [2.45, 2.75) is 257 Å². The summed E-state index contributed by atoms with van der Waals surface area (Å²) in [7, 11) is -9.85. The summed E-state index contributed by atoms with van der Waals surface area (Å²) in [6.07, 6.45) is 97.5. The maximum absolute atomic E-state index is 12.9. The smallest absolute Gasteiger partial charge is 0.463 e. The molecule has 0 fully saturated rings. The summed E-state index contributed by atoms with van der Waals surface area (Å²) in [5.74, 6) is -1.75. The van der Waals surface area contributed by atoms with E-state index >= 15 is 0 Å². The molecule has 18 heteroatoms. The van der Waals surface area contributed by atoms with Crippen LogP contribution in [0.3, 0.4) is 0 Å². The van der Waals surface area contributed by atoms with Gasteiger partial charge >= 0.3 is 33.6 Å². The molecule has 0 radical (unpaired) electrons. The van der Waals surface area contributed by atoms with Crippen LogP contribution < -0.4 is 0 Å². The molecular weight excluding hydrogens is 1310 g/mol. The third-order valence-electron chi connectivity index (χ3n) is 14.5. The van der Waals surface area contributed by atoms with E-state index in [4.69, 9.17) is 32.3 Å². The van der Waals surface area contributed by atoms with Gasteiger partial charge in [0.25, 0.3) is 0 Å². The molecule has 568 valence electrons. The lowest BCUT2D eigenvalue weighted by Crippen LogP contribution is -2.29. The monoisotopic (exact) mass is 1440 g/mol. The molecule has 0 saturated carbocycles. The van der Waals surface area contributed by atoms with E-state index in [0.717, 1.165) is 148 Å². The van der Waals surface area contributed by atoms with Gasteiger partial charge in [-0.3, -0.25) is 32.5 Å². The minimum Gasteiger partial charge on any atom is -0.463 e. The SMILES string of the molecule is CC/C=C\C/C=C\C/C=C\C/C=C\C/C=C\C/C=C\CCCCC(=O)OCC(COP(=O)(O)OCC(O)COP(=O)(O)OCC(O)COC(=O)CCCCCCCCCCC/C=C\C/C=C\C/C=C\C/C=C\C/C=C\CC)OC(=O)CC/C=C\C/C=C\C/C=C\C/C=C\C/C=C\C/C=C\CC. The zero-order chi connectivity index (χ0) is 73.7. The highest BCUT2D eigenvalue weighted by atomic mass is 31.2. The third-order valence-corrected chi connectivity index (χ3v) is 16.4. The number of esters is 3. The van der Waals surface area contributed by atoms with E-state index in [-0.39, 0.29) is 19.3 Å². The van der Waals surface area contributed by atoms with Crippen LogP contribution in [0.5, 0.6) is 0 Å². The number of hydrogen-bond donors (Lipinski definition) is 4. The predicted molar refractivity (Wildman–Crippen MR) is 417 cm³/mol. The average Bonchev–Trinajstić information content (AvgIpc) is 0.970. The van der Waals surface area contributed by atoms with Crippen molar-refractivity contribution in [3.63, 3.8) is 0 Å². The molecule has 0 bridgehead atoms. The molecule has 0 aliphatic heterocycles. The highest BCUT2D eigenvalue weighted by Crippen LogP contribution is 2.45. The Morgan fingerprint density at radius 3 is 0.842 bits per heavy atom. The van der Waals surface area contributed by atoms with Gasteiger partial charge in [-0.05, 0) is 154 Å². The normalized spacial score (nSPS) is 15.2. The number of aliphatic hydroxyl groups excluding tert-OH is 2. The van der Waals surface area contributed by atoms with Gasteiger partial charge in [0.05, 0.1) is 26.4 Å². The largest absolute Gasteiger partial charge is 0.472 e. The highest BCUT2D eigenvalue weighted by molar-refractivity contribution is 7.47. The van der Waals surface area contributed by atoms with Gasteiger partial charge in [0.2, 0.25) is 0 Å². The molecule has 16 nitrogen and oxygen atoms in total. The van der Waals surface area contributed by atoms with Crippen molar-refractivity contribution in [2.24, 2.45) is 0 Å². The second kappa shape index (κ2) is 73.9. The Morgan fingerprint density at radius 2 is 0.515 bits per heavy atom. The molecule has 0 aromatic heterocycles. The minimum absolute atomic E-state index is 0.0401. The van der Waals surface area contributed by atoms with Gasteiger partial charge in [-0.15, -0.1) is 0 Å². The van der Waals surface area contributed by atoms with Crippen molar-refractivity contribution in [3.8, 4) is 0 Å². The molecule has 0 heterocycles. The Kier molecular flexibility index (Phi) is 69.6. The van der Waals surface area contributed by atoms with E-state index < -0.39 is 91.5 Å². The van der Waals surface area contributed by atoms with Crippen LogP contribution in [0.15, 0.2) is 207 Å². The van der Waals surface area contributed by atoms with E-state index in [9.17, 15) is 43.5 Å². The number of carbonyl (C=O) groups is 3. The quantitative estimate of drug-likeness (QED) is 0.0146. The first-order valence-electron chi connectivity index (χ1n) is 37.4. The number of aliphatic hydroxyl groups is 2. The lowest BCUT2D eigenvalue weighted by Gasteiger charge is -2.21. The molecule has 0 saturated heterocycles. The van der Waals surface area contributed by atoms with Crippen LogP contribution in [-0.2, 0) is 55.8 Å². The molecule has 0 aliphatic carbocycles. The summed E-state index contributed by atoms with van der Waals surface area (Å²) in [6.45, 7) is 2.14. The molecule has 4 N–H and O–H groups in total. The van der Waals surface area contributed by atoms with Crippen LogP contribution in [0.4, 0.5) is 0 Å². The molecule has 0 rings (SSSR count). The zero-order valence-corrected chi connectivity index (χ0v) is 63.5. The average molecular weight is 1450 g/mol. The fraction of sp³-hybridized carbons (Fsp3) is 0.554. The van der Waals surface area contributed by atoms with Crippen molar-refractivity contribution in [1.29, 1.82) is 0 Å². The van der Waals surface area contributed by atoms with Gasteiger partial charge in [0, 0.05) is 19.3 Å². The van der Waals surface area contributed by atoms with Crippen LogP contribution in [0.2, 0.25) is 0 Å². The lowest BCUT2D eigenvalue weighted by atomic mass is 10.1. The van der Waals surface area contributed by atoms with Crippen molar-refractivity contribution >= 4 is 33.6 Å². The molecule has 0 aliphatic rings. The molecule has 5 unspecified atom stereocenters. The van der Waals surface area contributed by atoms with Crippen molar-refractivity contribution < 1.29 is 75.8 Å². The van der Waals surface area contributed by atoms with Crippen LogP contribution in [0.1, 0.15) is 239 Å². The number of rotatable bonds is 68. The fourth-order valence-corrected chi connectivity index (χ4v) is 10.5. The Hall–Kier alpha value is -5.87. The Morgan fingerprint density at radius 1 is 0.277 bits per heavy atom. The first kappa shape index (κ1) is 95.1. The molecule has 0 aromatic rings. The van der Waals surface area contributed by atoms with E-state index in [0.29, 0.717) is 25.7 Å². The third kappa shape index (κ3) is 75.1. The molecular formula is C83H130O16P2. The van der Waals surface area contributed by atoms with Crippen molar-refractivity contribution in [1.82, 2.24) is 0 Å². The summed E-state index contributed by atoms with van der Waals surface area (Å²) in [5.41, 5.74) is 0. The van der Waals surface area contributed by atoms with Crippen molar-refractivity contribution in [3.05, 3.63) is 207 Å². The Balaban J connectivity index is 4.79. The predicted octanol–water partition coefficient (Wildman–Crippen LogP) is 21.8. The standard InChI is InChI=1S/C83H130O16P2/c1-4-7-10-13-16-19-22-25-28-31-34-36-37-38-39-41-44-45-48-51-54-57-60-63-66-69-81(86)93-72-78(84)73-95-100(89,90)96-74-79(85)75-97-101(91,92)98-77-80(99-83(88)71-68-65-62-59-56-53-50-47-42-33-30-27-24-21-18-15-12-9-6-3)76-94-82(87)70-67-64-61-58-55-52-49-46-43-40-35-32-29-26-23-20-17-14-11-8-5-2/h7-12,16-21,25-30,34-36,38-40,42,46-47,49,53,55-56,58,62,65,78-80,84-85H,4-6,13-15,22-24,31-33,37,41,43-45,48,50-52,54,57,59-61,63-64,66-77H2,1-3H3,(H,89,90)(H,91,92)/b10-7-,11-8-,12-9-,19-16-,20-17-,21-18-,28-25-,29-26-,30-27-,36-34-,39-38-,40-35-,47-42-,49-46-,56-53-,58-55-,65-62-. The number of unbranched alkanes of at least 4 members (excludes halogenated alkanes) is 11. The maximum atomic E-state index is 12.9. The number of allylic oxidation sites excluding steroid dienone is 34. The van der Waals surface area contributed by atoms with E-state index in [1.54, 1.807) is 0 Å². The summed E-state index contributed by atoms with van der Waals surface area (Å²) in [4.78, 5) is 58.6. The minimum atomic E-state index is -4.97. The van der Waals surface area contributed by atoms with Gasteiger partial charge in [0.1, 0.15) is 25.4 Å². The highest BCUT2D eigenvalue weighted by Gasteiger charge is 2.29. The molecule has 0 amide bonds. The first-order chi connectivity index (χ1) is 49.2. The van der Waals surface area contributed by atoms with Gasteiger partial charge in [-0.25, -0.2) is 9.13 Å². The van der Waals surface area contributed by atoms with Gasteiger partial charge < -0.3 is 34.2 Å². The number of hydrogen-bond acceptors (Lipinski definition) is 14. The van der Waals surface area contributed by atoms with Crippen LogP contribution >= 0.6 is 15.6 Å². The Labute approximate surface area is 609 Å². The summed E-state index contributed by atoms with van der Waals surface area (Å²) in [5, 5.41) is 20.6. The Bertz CT molecular complexity index is 2660. The van der Waals surface area contributed by atoms with Gasteiger partial charge in [-0.2, -0.15) is 0 Å². The van der Waals surface area contributed by atoms with Gasteiger partial charge in [-0.1, -0.05) is 272 Å².